The first-order valence-corrected chi connectivity index (χ1v) is 6.21. The van der Waals surface area contributed by atoms with E-state index in [2.05, 4.69) is 63.1 Å². The standard InChI is InChI=1S/C15H26N2/c1-7-9-14(16-6)13(5)15(17-8-2)11-10-12(3)4/h8-12,16-17H,2,7H2,1,3-6H3/b11-10-,14-9?,15-13-. The molecule has 2 N–H and O–H groups in total. The molecular formula is C15H26N2. The number of hydrogen-bond donors (Lipinski definition) is 2. The van der Waals surface area contributed by atoms with Crippen molar-refractivity contribution in [2.45, 2.75) is 34.1 Å². The lowest BCUT2D eigenvalue weighted by Crippen LogP contribution is -2.13. The van der Waals surface area contributed by atoms with Crippen LogP contribution in [-0.4, -0.2) is 7.05 Å². The fraction of sp³-hybridized carbons (Fsp3) is 0.467. The Hall–Kier alpha value is -1.44. The van der Waals surface area contributed by atoms with Gasteiger partial charge in [-0.1, -0.05) is 39.5 Å². The van der Waals surface area contributed by atoms with E-state index in [0.717, 1.165) is 17.8 Å². The smallest absolute Gasteiger partial charge is 0.0426 e. The minimum atomic E-state index is 0.539. The monoisotopic (exact) mass is 234 g/mol. The second-order valence-corrected chi connectivity index (χ2v) is 4.27. The van der Waals surface area contributed by atoms with Crippen LogP contribution in [0, 0.1) is 5.92 Å². The Kier molecular flexibility index (Phi) is 7.95. The predicted molar refractivity (Wildman–Crippen MR) is 77.4 cm³/mol. The number of allylic oxidation sites excluding steroid dienone is 4. The molecule has 0 fully saturated rings. The maximum atomic E-state index is 3.72. The van der Waals surface area contributed by atoms with Gasteiger partial charge >= 0.3 is 0 Å². The third kappa shape index (κ3) is 6.00. The summed E-state index contributed by atoms with van der Waals surface area (Å²) in [7, 11) is 1.95. The van der Waals surface area contributed by atoms with Gasteiger partial charge in [-0.15, -0.1) is 0 Å². The molecule has 0 aromatic rings. The van der Waals surface area contributed by atoms with Gasteiger partial charge in [-0.3, -0.25) is 0 Å². The molecule has 0 bridgehead atoms. The molecule has 0 amide bonds. The van der Waals surface area contributed by atoms with E-state index in [1.807, 2.05) is 7.05 Å². The van der Waals surface area contributed by atoms with Gasteiger partial charge in [0.25, 0.3) is 0 Å². The van der Waals surface area contributed by atoms with Crippen LogP contribution < -0.4 is 10.6 Å². The molecule has 0 radical (unpaired) electrons. The van der Waals surface area contributed by atoms with Crippen LogP contribution in [0.25, 0.3) is 0 Å². The zero-order chi connectivity index (χ0) is 13.3. The molecule has 0 unspecified atom stereocenters. The predicted octanol–water partition coefficient (Wildman–Crippen LogP) is 3.72. The lowest BCUT2D eigenvalue weighted by molar-refractivity contribution is 0.828. The van der Waals surface area contributed by atoms with Crippen molar-refractivity contribution in [3.63, 3.8) is 0 Å². The minimum Gasteiger partial charge on any atom is -0.388 e. The Bertz CT molecular complexity index is 320. The van der Waals surface area contributed by atoms with Crippen molar-refractivity contribution in [1.82, 2.24) is 10.6 Å². The molecule has 0 aromatic carbocycles. The Labute approximate surface area is 106 Å². The summed E-state index contributed by atoms with van der Waals surface area (Å²) >= 11 is 0. The average Bonchev–Trinajstić information content (AvgIpc) is 2.30. The summed E-state index contributed by atoms with van der Waals surface area (Å²) in [6.07, 6.45) is 9.20. The van der Waals surface area contributed by atoms with E-state index in [-0.39, 0.29) is 0 Å². The first-order chi connectivity index (χ1) is 8.06. The summed E-state index contributed by atoms with van der Waals surface area (Å²) in [5.41, 5.74) is 3.44. The molecule has 0 aromatic heterocycles. The normalized spacial score (nSPS) is 13.9. The van der Waals surface area contributed by atoms with E-state index in [9.17, 15) is 0 Å². The zero-order valence-electron chi connectivity index (χ0n) is 11.8. The molecule has 96 valence electrons. The SMILES string of the molecule is C=CNC(/C=C\C(C)C)=C(/C)C(=CCC)NC. The third-order valence-corrected chi connectivity index (χ3v) is 2.39. The summed E-state index contributed by atoms with van der Waals surface area (Å²) in [6.45, 7) is 12.3. The molecule has 2 nitrogen and oxygen atoms in total. The maximum absolute atomic E-state index is 3.72. The van der Waals surface area contributed by atoms with Gasteiger partial charge in [0.15, 0.2) is 0 Å². The van der Waals surface area contributed by atoms with Crippen molar-refractivity contribution in [2.24, 2.45) is 5.92 Å². The zero-order valence-corrected chi connectivity index (χ0v) is 11.8. The van der Waals surface area contributed by atoms with Crippen molar-refractivity contribution in [3.05, 3.63) is 48.0 Å². The fourth-order valence-electron chi connectivity index (χ4n) is 1.47. The Morgan fingerprint density at radius 3 is 2.41 bits per heavy atom. The lowest BCUT2D eigenvalue weighted by Gasteiger charge is -2.12. The van der Waals surface area contributed by atoms with Crippen LogP contribution in [-0.2, 0) is 0 Å². The molecule has 0 rings (SSSR count). The van der Waals surface area contributed by atoms with E-state index in [1.54, 1.807) is 6.20 Å². The molecule has 2 heteroatoms. The van der Waals surface area contributed by atoms with Gasteiger partial charge in [0.1, 0.15) is 0 Å². The summed E-state index contributed by atoms with van der Waals surface area (Å²) < 4.78 is 0. The highest BCUT2D eigenvalue weighted by Crippen LogP contribution is 2.13. The molecule has 0 aliphatic rings. The molecule has 0 saturated heterocycles. The van der Waals surface area contributed by atoms with E-state index < -0.39 is 0 Å². The van der Waals surface area contributed by atoms with Gasteiger partial charge in [0.05, 0.1) is 0 Å². The number of likely N-dealkylation sites (N-methyl/N-ethyl adjacent to an activating group) is 1. The van der Waals surface area contributed by atoms with Gasteiger partial charge in [0, 0.05) is 18.4 Å². The Morgan fingerprint density at radius 1 is 1.35 bits per heavy atom. The quantitative estimate of drug-likeness (QED) is 0.656. The van der Waals surface area contributed by atoms with Crippen LogP contribution in [0.1, 0.15) is 34.1 Å². The molecular weight excluding hydrogens is 208 g/mol. The highest BCUT2D eigenvalue weighted by Gasteiger charge is 2.02. The van der Waals surface area contributed by atoms with Crippen LogP contribution >= 0.6 is 0 Å². The molecule has 0 spiro atoms. The number of hydrogen-bond acceptors (Lipinski definition) is 2. The minimum absolute atomic E-state index is 0.539. The molecule has 0 heterocycles. The molecule has 17 heavy (non-hydrogen) atoms. The first-order valence-electron chi connectivity index (χ1n) is 6.21. The summed E-state index contributed by atoms with van der Waals surface area (Å²) in [4.78, 5) is 0. The third-order valence-electron chi connectivity index (χ3n) is 2.39. The highest BCUT2D eigenvalue weighted by molar-refractivity contribution is 5.37. The van der Waals surface area contributed by atoms with Crippen molar-refractivity contribution in [3.8, 4) is 0 Å². The van der Waals surface area contributed by atoms with Gasteiger partial charge in [-0.2, -0.15) is 0 Å². The van der Waals surface area contributed by atoms with Crippen molar-refractivity contribution in [1.29, 1.82) is 0 Å². The maximum Gasteiger partial charge on any atom is 0.0426 e. The van der Waals surface area contributed by atoms with E-state index in [0.29, 0.717) is 5.92 Å². The van der Waals surface area contributed by atoms with Crippen LogP contribution in [0.3, 0.4) is 0 Å². The van der Waals surface area contributed by atoms with Gasteiger partial charge in [0.2, 0.25) is 0 Å². The fourth-order valence-corrected chi connectivity index (χ4v) is 1.47. The van der Waals surface area contributed by atoms with Crippen LogP contribution in [0.4, 0.5) is 0 Å². The van der Waals surface area contributed by atoms with Crippen molar-refractivity contribution >= 4 is 0 Å². The van der Waals surface area contributed by atoms with Crippen molar-refractivity contribution < 1.29 is 0 Å². The summed E-state index contributed by atoms with van der Waals surface area (Å²) in [5.74, 6) is 0.539. The van der Waals surface area contributed by atoms with E-state index >= 15 is 0 Å². The van der Waals surface area contributed by atoms with Crippen molar-refractivity contribution in [2.75, 3.05) is 7.05 Å². The molecule has 0 atom stereocenters. The van der Waals surface area contributed by atoms with E-state index in [1.165, 1.54) is 5.57 Å². The van der Waals surface area contributed by atoms with Gasteiger partial charge < -0.3 is 10.6 Å². The van der Waals surface area contributed by atoms with Gasteiger partial charge in [-0.05, 0) is 37.1 Å². The second-order valence-electron chi connectivity index (χ2n) is 4.27. The van der Waals surface area contributed by atoms with E-state index in [4.69, 9.17) is 0 Å². The summed E-state index contributed by atoms with van der Waals surface area (Å²) in [6, 6.07) is 0. The lowest BCUT2D eigenvalue weighted by atomic mass is 10.1. The van der Waals surface area contributed by atoms with Crippen LogP contribution in [0.2, 0.25) is 0 Å². The van der Waals surface area contributed by atoms with Gasteiger partial charge in [-0.25, -0.2) is 0 Å². The first kappa shape index (κ1) is 15.6. The molecule has 0 aliphatic carbocycles. The topological polar surface area (TPSA) is 24.1 Å². The van der Waals surface area contributed by atoms with Crippen LogP contribution in [0.15, 0.2) is 48.0 Å². The largest absolute Gasteiger partial charge is 0.388 e. The molecule has 0 aliphatic heterocycles. The highest BCUT2D eigenvalue weighted by atomic mass is 14.9. The van der Waals surface area contributed by atoms with Crippen LogP contribution in [0.5, 0.6) is 0 Å². The number of rotatable bonds is 7. The molecule has 0 saturated carbocycles. The Morgan fingerprint density at radius 2 is 2.00 bits per heavy atom. The summed E-state index contributed by atoms with van der Waals surface area (Å²) in [5, 5.41) is 6.41. The number of nitrogens with one attached hydrogen (secondary N) is 2. The second kappa shape index (κ2) is 8.68. The Balaban J connectivity index is 5.21. The average molecular weight is 234 g/mol.